The van der Waals surface area contributed by atoms with Crippen molar-refractivity contribution in [3.63, 3.8) is 0 Å². The molecule has 2 amide bonds. The Kier molecular flexibility index (Phi) is 9.52. The van der Waals surface area contributed by atoms with Crippen LogP contribution < -0.4 is 20.7 Å². The van der Waals surface area contributed by atoms with Crippen molar-refractivity contribution in [2.24, 2.45) is 0 Å². The first-order chi connectivity index (χ1) is 16.5. The summed E-state index contributed by atoms with van der Waals surface area (Å²) in [5.41, 5.74) is 3.26. The molecule has 1 atom stereocenters. The van der Waals surface area contributed by atoms with Crippen LogP contribution in [-0.4, -0.2) is 31.0 Å². The van der Waals surface area contributed by atoms with Crippen molar-refractivity contribution >= 4 is 23.2 Å². The van der Waals surface area contributed by atoms with Crippen LogP contribution in [0.3, 0.4) is 0 Å². The summed E-state index contributed by atoms with van der Waals surface area (Å²) in [4.78, 5) is 24.6. The standard InChI is InChI=1S/C28H33N3O3/c1-3-21(2)30-28(33)23-15-17-24(18-16-23)31-27(32)20-29-25-13-7-8-14-26(25)34-19-9-12-22-10-5-4-6-11-22/h4-8,10-11,13-18,21,29H,3,9,12,19-20H2,1-2H3,(H,30,33)(H,31,32). The van der Waals surface area contributed by atoms with E-state index in [4.69, 9.17) is 4.74 Å². The number of carbonyl (C=O) groups is 2. The number of hydrogen-bond donors (Lipinski definition) is 3. The fourth-order valence-corrected chi connectivity index (χ4v) is 3.34. The molecule has 0 aliphatic heterocycles. The van der Waals surface area contributed by atoms with E-state index in [1.165, 1.54) is 5.56 Å². The molecule has 0 spiro atoms. The van der Waals surface area contributed by atoms with E-state index in [1.54, 1.807) is 24.3 Å². The second kappa shape index (κ2) is 13.0. The number of para-hydroxylation sites is 2. The molecule has 1 unspecified atom stereocenters. The van der Waals surface area contributed by atoms with E-state index in [9.17, 15) is 9.59 Å². The summed E-state index contributed by atoms with van der Waals surface area (Å²) in [6.07, 6.45) is 2.73. The molecule has 0 bridgehead atoms. The molecular formula is C28H33N3O3. The molecule has 0 aromatic heterocycles. The van der Waals surface area contributed by atoms with Crippen molar-refractivity contribution < 1.29 is 14.3 Å². The Morgan fingerprint density at radius 3 is 2.35 bits per heavy atom. The van der Waals surface area contributed by atoms with Gasteiger partial charge in [0.15, 0.2) is 0 Å². The number of hydrogen-bond acceptors (Lipinski definition) is 4. The summed E-state index contributed by atoms with van der Waals surface area (Å²) < 4.78 is 5.95. The Morgan fingerprint density at radius 2 is 1.62 bits per heavy atom. The third kappa shape index (κ3) is 7.96. The van der Waals surface area contributed by atoms with E-state index < -0.39 is 0 Å². The first-order valence-electron chi connectivity index (χ1n) is 11.8. The zero-order valence-electron chi connectivity index (χ0n) is 19.8. The Morgan fingerprint density at radius 1 is 0.912 bits per heavy atom. The quantitative estimate of drug-likeness (QED) is 0.322. The summed E-state index contributed by atoms with van der Waals surface area (Å²) in [5.74, 6) is 0.421. The van der Waals surface area contributed by atoms with E-state index in [1.807, 2.05) is 56.3 Å². The smallest absolute Gasteiger partial charge is 0.251 e. The molecule has 6 nitrogen and oxygen atoms in total. The average Bonchev–Trinajstić information content (AvgIpc) is 2.87. The lowest BCUT2D eigenvalue weighted by molar-refractivity contribution is -0.114. The van der Waals surface area contributed by atoms with Crippen LogP contribution in [0.1, 0.15) is 42.6 Å². The van der Waals surface area contributed by atoms with Crippen LogP contribution >= 0.6 is 0 Å². The number of ether oxygens (including phenoxy) is 1. The van der Waals surface area contributed by atoms with Gasteiger partial charge in [-0.3, -0.25) is 9.59 Å². The average molecular weight is 460 g/mol. The third-order valence-electron chi connectivity index (χ3n) is 5.46. The van der Waals surface area contributed by atoms with E-state index in [0.29, 0.717) is 17.9 Å². The number of carbonyl (C=O) groups excluding carboxylic acids is 2. The first-order valence-corrected chi connectivity index (χ1v) is 11.8. The second-order valence-electron chi connectivity index (χ2n) is 8.20. The van der Waals surface area contributed by atoms with Gasteiger partial charge in [0.25, 0.3) is 5.91 Å². The molecule has 0 heterocycles. The summed E-state index contributed by atoms with van der Waals surface area (Å²) in [7, 11) is 0. The second-order valence-corrected chi connectivity index (χ2v) is 8.20. The van der Waals surface area contributed by atoms with Crippen LogP contribution in [0.4, 0.5) is 11.4 Å². The Balaban J connectivity index is 1.45. The molecule has 0 saturated heterocycles. The number of aryl methyl sites for hydroxylation is 1. The van der Waals surface area contributed by atoms with Crippen molar-refractivity contribution in [1.82, 2.24) is 5.32 Å². The molecule has 6 heteroatoms. The number of benzene rings is 3. The SMILES string of the molecule is CCC(C)NC(=O)c1ccc(NC(=O)CNc2ccccc2OCCCc2ccccc2)cc1. The van der Waals surface area contributed by atoms with Gasteiger partial charge >= 0.3 is 0 Å². The predicted molar refractivity (Wildman–Crippen MR) is 137 cm³/mol. The van der Waals surface area contributed by atoms with Gasteiger partial charge in [-0.05, 0) is 68.1 Å². The maximum absolute atomic E-state index is 12.4. The summed E-state index contributed by atoms with van der Waals surface area (Å²) in [6, 6.07) is 24.9. The van der Waals surface area contributed by atoms with Gasteiger partial charge in [-0.25, -0.2) is 0 Å². The van der Waals surface area contributed by atoms with Crippen molar-refractivity contribution in [3.05, 3.63) is 90.0 Å². The highest BCUT2D eigenvalue weighted by Gasteiger charge is 2.10. The van der Waals surface area contributed by atoms with E-state index >= 15 is 0 Å². The highest BCUT2D eigenvalue weighted by Crippen LogP contribution is 2.24. The van der Waals surface area contributed by atoms with Gasteiger partial charge in [0.05, 0.1) is 18.8 Å². The Labute approximate surface area is 201 Å². The molecule has 0 aliphatic rings. The van der Waals surface area contributed by atoms with Crippen molar-refractivity contribution in [1.29, 1.82) is 0 Å². The summed E-state index contributed by atoms with van der Waals surface area (Å²) in [5, 5.41) is 8.92. The molecular weight excluding hydrogens is 426 g/mol. The minimum atomic E-state index is -0.185. The normalized spacial score (nSPS) is 11.4. The lowest BCUT2D eigenvalue weighted by Gasteiger charge is -2.14. The van der Waals surface area contributed by atoms with Crippen LogP contribution in [0.5, 0.6) is 5.75 Å². The van der Waals surface area contributed by atoms with Crippen LogP contribution in [-0.2, 0) is 11.2 Å². The van der Waals surface area contributed by atoms with Gasteiger partial charge in [-0.2, -0.15) is 0 Å². The maximum atomic E-state index is 12.4. The van der Waals surface area contributed by atoms with E-state index in [2.05, 4.69) is 28.1 Å². The molecule has 3 aromatic rings. The monoisotopic (exact) mass is 459 g/mol. The molecule has 34 heavy (non-hydrogen) atoms. The molecule has 0 radical (unpaired) electrons. The molecule has 0 saturated carbocycles. The highest BCUT2D eigenvalue weighted by molar-refractivity contribution is 5.96. The summed E-state index contributed by atoms with van der Waals surface area (Å²) >= 11 is 0. The van der Waals surface area contributed by atoms with Crippen molar-refractivity contribution in [2.75, 3.05) is 23.8 Å². The van der Waals surface area contributed by atoms with Crippen molar-refractivity contribution in [3.8, 4) is 5.75 Å². The Bertz CT molecular complexity index is 1050. The van der Waals surface area contributed by atoms with Gasteiger partial charge in [-0.1, -0.05) is 49.4 Å². The third-order valence-corrected chi connectivity index (χ3v) is 5.46. The van der Waals surface area contributed by atoms with E-state index in [0.717, 1.165) is 30.7 Å². The number of rotatable bonds is 12. The molecule has 3 rings (SSSR count). The van der Waals surface area contributed by atoms with Crippen LogP contribution in [0, 0.1) is 0 Å². The minimum absolute atomic E-state index is 0.0979. The molecule has 3 N–H and O–H groups in total. The molecule has 0 aliphatic carbocycles. The molecule has 0 fully saturated rings. The van der Waals surface area contributed by atoms with Gasteiger partial charge in [0.1, 0.15) is 5.75 Å². The first kappa shape index (κ1) is 24.8. The lowest BCUT2D eigenvalue weighted by atomic mass is 10.1. The van der Waals surface area contributed by atoms with Crippen LogP contribution in [0.25, 0.3) is 0 Å². The van der Waals surface area contributed by atoms with Gasteiger partial charge < -0.3 is 20.7 Å². The fourth-order valence-electron chi connectivity index (χ4n) is 3.34. The maximum Gasteiger partial charge on any atom is 0.251 e. The Hall–Kier alpha value is -3.80. The zero-order valence-corrected chi connectivity index (χ0v) is 19.8. The number of amides is 2. The van der Waals surface area contributed by atoms with Crippen LogP contribution in [0.2, 0.25) is 0 Å². The lowest BCUT2D eigenvalue weighted by Crippen LogP contribution is -2.31. The van der Waals surface area contributed by atoms with Crippen molar-refractivity contribution in [2.45, 2.75) is 39.2 Å². The minimum Gasteiger partial charge on any atom is -0.491 e. The fraction of sp³-hybridized carbons (Fsp3) is 0.286. The highest BCUT2D eigenvalue weighted by atomic mass is 16.5. The summed E-state index contributed by atoms with van der Waals surface area (Å²) in [6.45, 7) is 4.68. The van der Waals surface area contributed by atoms with Crippen LogP contribution in [0.15, 0.2) is 78.9 Å². The number of anilines is 2. The van der Waals surface area contributed by atoms with Gasteiger partial charge in [-0.15, -0.1) is 0 Å². The van der Waals surface area contributed by atoms with Gasteiger partial charge in [0.2, 0.25) is 5.91 Å². The largest absolute Gasteiger partial charge is 0.491 e. The molecule has 178 valence electrons. The number of nitrogens with one attached hydrogen (secondary N) is 3. The predicted octanol–water partition coefficient (Wildman–Crippen LogP) is 5.28. The van der Waals surface area contributed by atoms with E-state index in [-0.39, 0.29) is 24.4 Å². The van der Waals surface area contributed by atoms with Gasteiger partial charge in [0, 0.05) is 17.3 Å². The zero-order chi connectivity index (χ0) is 24.2. The topological polar surface area (TPSA) is 79.5 Å². The molecule has 3 aromatic carbocycles.